The standard InChI is InChI=1S/C11H16F3N3OS/c1-16(2)6-8-7-17(3-4-18-8)10-15-5-9(19-10)11(12,13)14/h5,8H,3-4,6-7H2,1-2H3. The number of alkyl halides is 3. The average molecular weight is 295 g/mol. The van der Waals surface area contributed by atoms with E-state index in [2.05, 4.69) is 4.98 Å². The van der Waals surface area contributed by atoms with Crippen molar-refractivity contribution in [2.24, 2.45) is 0 Å². The Bertz CT molecular complexity index is 422. The van der Waals surface area contributed by atoms with Crippen molar-refractivity contribution in [3.63, 3.8) is 0 Å². The molecule has 0 bridgehead atoms. The van der Waals surface area contributed by atoms with E-state index in [-0.39, 0.29) is 6.10 Å². The fourth-order valence-electron chi connectivity index (χ4n) is 1.95. The lowest BCUT2D eigenvalue weighted by atomic mass is 10.3. The highest BCUT2D eigenvalue weighted by Crippen LogP contribution is 2.36. The molecular weight excluding hydrogens is 279 g/mol. The molecule has 4 nitrogen and oxygen atoms in total. The number of rotatable bonds is 3. The highest BCUT2D eigenvalue weighted by Gasteiger charge is 2.34. The topological polar surface area (TPSA) is 28.6 Å². The second-order valence-corrected chi connectivity index (χ2v) is 5.72. The molecule has 0 aliphatic carbocycles. The lowest BCUT2D eigenvalue weighted by molar-refractivity contribution is -0.134. The number of thiazole rings is 1. The summed E-state index contributed by atoms with van der Waals surface area (Å²) in [5.74, 6) is 0. The summed E-state index contributed by atoms with van der Waals surface area (Å²) < 4.78 is 43.2. The quantitative estimate of drug-likeness (QED) is 0.852. The monoisotopic (exact) mass is 295 g/mol. The molecule has 0 aromatic carbocycles. The maximum absolute atomic E-state index is 12.5. The van der Waals surface area contributed by atoms with Crippen LogP contribution in [0.4, 0.5) is 18.3 Å². The Kier molecular flexibility index (Phi) is 4.32. The van der Waals surface area contributed by atoms with Gasteiger partial charge in [-0.05, 0) is 14.1 Å². The summed E-state index contributed by atoms with van der Waals surface area (Å²) in [5, 5.41) is 0.416. The SMILES string of the molecule is CN(C)CC1CN(c2ncc(C(F)(F)F)s2)CCO1. The summed E-state index contributed by atoms with van der Waals surface area (Å²) >= 11 is 0.688. The summed E-state index contributed by atoms with van der Waals surface area (Å²) in [5.41, 5.74) is 0. The van der Waals surface area contributed by atoms with Gasteiger partial charge in [0.1, 0.15) is 4.88 Å². The van der Waals surface area contributed by atoms with Crippen LogP contribution in [0.5, 0.6) is 0 Å². The van der Waals surface area contributed by atoms with Gasteiger partial charge < -0.3 is 14.5 Å². The molecule has 1 aliphatic rings. The first-order valence-corrected chi connectivity index (χ1v) is 6.72. The van der Waals surface area contributed by atoms with E-state index in [1.807, 2.05) is 23.9 Å². The Morgan fingerprint density at radius 1 is 1.53 bits per heavy atom. The Balaban J connectivity index is 2.03. The molecule has 1 saturated heterocycles. The Morgan fingerprint density at radius 3 is 2.84 bits per heavy atom. The summed E-state index contributed by atoms with van der Waals surface area (Å²) in [6.45, 7) is 2.41. The van der Waals surface area contributed by atoms with Crippen LogP contribution in [-0.4, -0.2) is 56.3 Å². The van der Waals surface area contributed by atoms with Crippen molar-refractivity contribution in [3.8, 4) is 0 Å². The van der Waals surface area contributed by atoms with Crippen LogP contribution in [0.3, 0.4) is 0 Å². The van der Waals surface area contributed by atoms with E-state index in [1.54, 1.807) is 0 Å². The van der Waals surface area contributed by atoms with Crippen molar-refractivity contribution < 1.29 is 17.9 Å². The fourth-order valence-corrected chi connectivity index (χ4v) is 2.77. The minimum absolute atomic E-state index is 0.00184. The summed E-state index contributed by atoms with van der Waals surface area (Å²) in [4.78, 5) is 7.08. The van der Waals surface area contributed by atoms with Crippen LogP contribution >= 0.6 is 11.3 Å². The Labute approximate surface area is 113 Å². The number of halogens is 3. The molecule has 1 atom stereocenters. The highest BCUT2D eigenvalue weighted by atomic mass is 32.1. The molecular formula is C11H16F3N3OS. The van der Waals surface area contributed by atoms with Crippen LogP contribution in [-0.2, 0) is 10.9 Å². The highest BCUT2D eigenvalue weighted by molar-refractivity contribution is 7.15. The van der Waals surface area contributed by atoms with E-state index in [9.17, 15) is 13.2 Å². The number of nitrogens with zero attached hydrogens (tertiary/aromatic N) is 3. The number of likely N-dealkylation sites (N-methyl/N-ethyl adjacent to an activating group) is 1. The molecule has 0 spiro atoms. The van der Waals surface area contributed by atoms with E-state index >= 15 is 0 Å². The minimum Gasteiger partial charge on any atom is -0.373 e. The van der Waals surface area contributed by atoms with Crippen LogP contribution in [0.1, 0.15) is 4.88 Å². The molecule has 1 fully saturated rings. The zero-order valence-electron chi connectivity index (χ0n) is 10.8. The number of morpholine rings is 1. The van der Waals surface area contributed by atoms with Gasteiger partial charge in [0.25, 0.3) is 0 Å². The minimum atomic E-state index is -4.31. The third-order valence-corrected chi connectivity index (χ3v) is 3.85. The van der Waals surface area contributed by atoms with Crippen LogP contribution < -0.4 is 4.90 Å². The smallest absolute Gasteiger partial charge is 0.373 e. The van der Waals surface area contributed by atoms with E-state index in [0.29, 0.717) is 36.2 Å². The van der Waals surface area contributed by atoms with E-state index in [1.165, 1.54) is 0 Å². The number of hydrogen-bond donors (Lipinski definition) is 0. The molecule has 0 saturated carbocycles. The third-order valence-electron chi connectivity index (χ3n) is 2.75. The van der Waals surface area contributed by atoms with Crippen molar-refractivity contribution >= 4 is 16.5 Å². The van der Waals surface area contributed by atoms with E-state index in [4.69, 9.17) is 4.74 Å². The maximum Gasteiger partial charge on any atom is 0.427 e. The zero-order chi connectivity index (χ0) is 14.0. The molecule has 1 aromatic rings. The molecule has 2 rings (SSSR count). The van der Waals surface area contributed by atoms with Crippen LogP contribution in [0.25, 0.3) is 0 Å². The molecule has 0 radical (unpaired) electrons. The van der Waals surface area contributed by atoms with E-state index < -0.39 is 11.1 Å². The van der Waals surface area contributed by atoms with Crippen molar-refractivity contribution in [2.45, 2.75) is 12.3 Å². The van der Waals surface area contributed by atoms with Gasteiger partial charge in [-0.3, -0.25) is 0 Å². The molecule has 0 amide bonds. The summed E-state index contributed by atoms with van der Waals surface area (Å²) in [7, 11) is 3.88. The summed E-state index contributed by atoms with van der Waals surface area (Å²) in [6, 6.07) is 0. The maximum atomic E-state index is 12.5. The van der Waals surface area contributed by atoms with Crippen molar-refractivity contribution in [1.29, 1.82) is 0 Å². The first-order chi connectivity index (χ1) is 8.86. The number of hydrogen-bond acceptors (Lipinski definition) is 5. The van der Waals surface area contributed by atoms with Crippen molar-refractivity contribution in [3.05, 3.63) is 11.1 Å². The predicted molar refractivity (Wildman–Crippen MR) is 67.6 cm³/mol. The van der Waals surface area contributed by atoms with Crippen LogP contribution in [0.2, 0.25) is 0 Å². The van der Waals surface area contributed by atoms with Crippen molar-refractivity contribution in [1.82, 2.24) is 9.88 Å². The molecule has 0 N–H and O–H groups in total. The van der Waals surface area contributed by atoms with Gasteiger partial charge in [-0.2, -0.15) is 13.2 Å². The molecule has 1 unspecified atom stereocenters. The van der Waals surface area contributed by atoms with Crippen LogP contribution in [0.15, 0.2) is 6.20 Å². The van der Waals surface area contributed by atoms with Gasteiger partial charge in [-0.1, -0.05) is 11.3 Å². The first-order valence-electron chi connectivity index (χ1n) is 5.90. The largest absolute Gasteiger partial charge is 0.427 e. The van der Waals surface area contributed by atoms with Gasteiger partial charge >= 0.3 is 6.18 Å². The van der Waals surface area contributed by atoms with E-state index in [0.717, 1.165) is 12.7 Å². The lowest BCUT2D eigenvalue weighted by Gasteiger charge is -2.33. The Morgan fingerprint density at radius 2 is 2.26 bits per heavy atom. The van der Waals surface area contributed by atoms with Gasteiger partial charge in [0.2, 0.25) is 0 Å². The number of ether oxygens (including phenoxy) is 1. The molecule has 1 aromatic heterocycles. The first kappa shape index (κ1) is 14.5. The second kappa shape index (κ2) is 5.64. The fraction of sp³-hybridized carbons (Fsp3) is 0.727. The summed E-state index contributed by atoms with van der Waals surface area (Å²) in [6.07, 6.45) is -3.41. The van der Waals surface area contributed by atoms with Crippen LogP contribution in [0, 0.1) is 0 Å². The van der Waals surface area contributed by atoms with Gasteiger partial charge in [0.15, 0.2) is 5.13 Å². The third kappa shape index (κ3) is 3.80. The van der Waals surface area contributed by atoms with Gasteiger partial charge in [-0.15, -0.1) is 0 Å². The second-order valence-electron chi connectivity index (χ2n) is 4.71. The lowest BCUT2D eigenvalue weighted by Crippen LogP contribution is -2.46. The van der Waals surface area contributed by atoms with Gasteiger partial charge in [0, 0.05) is 19.6 Å². The molecule has 2 heterocycles. The average Bonchev–Trinajstić information content (AvgIpc) is 2.77. The molecule has 19 heavy (non-hydrogen) atoms. The number of anilines is 1. The molecule has 8 heteroatoms. The van der Waals surface area contributed by atoms with Gasteiger partial charge in [-0.25, -0.2) is 4.98 Å². The molecule has 1 aliphatic heterocycles. The molecule has 108 valence electrons. The normalized spacial score (nSPS) is 21.2. The van der Waals surface area contributed by atoms with Gasteiger partial charge in [0.05, 0.1) is 18.9 Å². The number of aromatic nitrogens is 1. The predicted octanol–water partition coefficient (Wildman–Crippen LogP) is 1.93. The Hall–Kier alpha value is -0.860. The van der Waals surface area contributed by atoms with Crippen molar-refractivity contribution in [2.75, 3.05) is 45.2 Å². The zero-order valence-corrected chi connectivity index (χ0v) is 11.6.